The standard InChI is InChI=1S/C27H22/c1-18-13-21-7-3-6-10-24(21)17-27(18)19(2)20-11-12-25(14-20)26-15-22-8-4-5-9-23(22)16-26/h3-10,12,14-15,17H,1-2,11,13,16H2. The third-order valence-electron chi connectivity index (χ3n) is 5.86. The molecule has 0 spiro atoms. The third kappa shape index (κ3) is 2.78. The quantitative estimate of drug-likeness (QED) is 0.585. The third-order valence-corrected chi connectivity index (χ3v) is 5.86. The molecule has 0 nitrogen and oxygen atoms in total. The lowest BCUT2D eigenvalue weighted by Gasteiger charge is -2.21. The van der Waals surface area contributed by atoms with Crippen LogP contribution in [-0.2, 0) is 12.8 Å². The van der Waals surface area contributed by atoms with Crippen LogP contribution in [0.15, 0.2) is 107 Å². The van der Waals surface area contributed by atoms with E-state index in [0.29, 0.717) is 0 Å². The molecular weight excluding hydrogens is 324 g/mol. The molecule has 27 heavy (non-hydrogen) atoms. The van der Waals surface area contributed by atoms with Gasteiger partial charge in [-0.05, 0) is 81.0 Å². The second kappa shape index (κ2) is 6.25. The Kier molecular flexibility index (Phi) is 3.72. The highest BCUT2D eigenvalue weighted by atomic mass is 14.3. The zero-order chi connectivity index (χ0) is 18.4. The molecule has 0 radical (unpaired) electrons. The Morgan fingerprint density at radius 1 is 0.778 bits per heavy atom. The van der Waals surface area contributed by atoms with Crippen molar-refractivity contribution in [2.45, 2.75) is 19.3 Å². The Bertz CT molecular complexity index is 1110. The van der Waals surface area contributed by atoms with Crippen LogP contribution in [-0.4, -0.2) is 0 Å². The number of rotatable bonds is 3. The molecule has 0 aliphatic heterocycles. The Morgan fingerprint density at radius 2 is 1.44 bits per heavy atom. The van der Waals surface area contributed by atoms with Crippen molar-refractivity contribution in [1.29, 1.82) is 0 Å². The minimum Gasteiger partial charge on any atom is -0.0949 e. The molecule has 0 unspecified atom stereocenters. The van der Waals surface area contributed by atoms with Crippen LogP contribution >= 0.6 is 0 Å². The van der Waals surface area contributed by atoms with Crippen LogP contribution in [0.3, 0.4) is 0 Å². The predicted octanol–water partition coefficient (Wildman–Crippen LogP) is 6.63. The van der Waals surface area contributed by atoms with E-state index >= 15 is 0 Å². The molecule has 130 valence electrons. The fraction of sp³-hybridized carbons (Fsp3) is 0.111. The van der Waals surface area contributed by atoms with E-state index in [2.05, 4.69) is 86.0 Å². The summed E-state index contributed by atoms with van der Waals surface area (Å²) in [6.45, 7) is 8.76. The number of hydrogen-bond donors (Lipinski definition) is 0. The number of benzene rings is 2. The van der Waals surface area contributed by atoms with Crippen LogP contribution in [0, 0.1) is 0 Å². The van der Waals surface area contributed by atoms with Gasteiger partial charge in [0.1, 0.15) is 0 Å². The van der Waals surface area contributed by atoms with Crippen molar-refractivity contribution in [1.82, 2.24) is 0 Å². The lowest BCUT2D eigenvalue weighted by molar-refractivity contribution is 1.13. The first-order valence-electron chi connectivity index (χ1n) is 9.56. The van der Waals surface area contributed by atoms with Gasteiger partial charge < -0.3 is 0 Å². The summed E-state index contributed by atoms with van der Waals surface area (Å²) in [7, 11) is 0. The molecule has 0 amide bonds. The lowest BCUT2D eigenvalue weighted by atomic mass is 9.83. The summed E-state index contributed by atoms with van der Waals surface area (Å²) in [5.41, 5.74) is 13.0. The van der Waals surface area contributed by atoms with Crippen LogP contribution in [0.2, 0.25) is 0 Å². The molecular formula is C27H22. The number of hydrogen-bond acceptors (Lipinski definition) is 0. The molecule has 2 aromatic rings. The largest absolute Gasteiger partial charge is 0.0949 e. The van der Waals surface area contributed by atoms with E-state index in [9.17, 15) is 0 Å². The Hall–Kier alpha value is -3.12. The molecule has 0 saturated heterocycles. The monoisotopic (exact) mass is 346 g/mol. The van der Waals surface area contributed by atoms with Gasteiger partial charge in [0.05, 0.1) is 0 Å². The van der Waals surface area contributed by atoms with Crippen molar-refractivity contribution in [3.8, 4) is 0 Å². The average molecular weight is 346 g/mol. The van der Waals surface area contributed by atoms with Gasteiger partial charge in [-0.15, -0.1) is 0 Å². The van der Waals surface area contributed by atoms with E-state index in [-0.39, 0.29) is 0 Å². The van der Waals surface area contributed by atoms with E-state index in [1.165, 1.54) is 50.1 Å². The van der Waals surface area contributed by atoms with Gasteiger partial charge in [-0.3, -0.25) is 0 Å². The van der Waals surface area contributed by atoms with Crippen molar-refractivity contribution in [2.24, 2.45) is 0 Å². The van der Waals surface area contributed by atoms with E-state index in [1.54, 1.807) is 0 Å². The van der Waals surface area contributed by atoms with Crippen LogP contribution in [0.4, 0.5) is 0 Å². The van der Waals surface area contributed by atoms with Gasteiger partial charge in [0.2, 0.25) is 0 Å². The maximum atomic E-state index is 4.43. The topological polar surface area (TPSA) is 0 Å². The summed E-state index contributed by atoms with van der Waals surface area (Å²) in [4.78, 5) is 0. The van der Waals surface area contributed by atoms with E-state index in [4.69, 9.17) is 0 Å². The molecule has 0 atom stereocenters. The first-order chi connectivity index (χ1) is 13.2. The maximum Gasteiger partial charge on any atom is -0.00138 e. The molecule has 0 saturated carbocycles. The van der Waals surface area contributed by atoms with E-state index < -0.39 is 0 Å². The van der Waals surface area contributed by atoms with Gasteiger partial charge in [-0.25, -0.2) is 0 Å². The van der Waals surface area contributed by atoms with Crippen LogP contribution < -0.4 is 0 Å². The van der Waals surface area contributed by atoms with Crippen LogP contribution in [0.25, 0.3) is 12.2 Å². The summed E-state index contributed by atoms with van der Waals surface area (Å²) in [6, 6.07) is 17.2. The van der Waals surface area contributed by atoms with Crippen molar-refractivity contribution in [3.05, 3.63) is 130 Å². The fourth-order valence-electron chi connectivity index (χ4n) is 4.32. The second-order valence-electron chi connectivity index (χ2n) is 7.59. The molecule has 2 aromatic carbocycles. The van der Waals surface area contributed by atoms with Crippen LogP contribution in [0.1, 0.15) is 28.7 Å². The Morgan fingerprint density at radius 3 is 2.19 bits per heavy atom. The molecule has 5 rings (SSSR count). The smallest absolute Gasteiger partial charge is 0.00138 e. The van der Waals surface area contributed by atoms with Crippen molar-refractivity contribution in [3.63, 3.8) is 0 Å². The minimum atomic E-state index is 0.912. The average Bonchev–Trinajstić information content (AvgIpc) is 3.33. The first-order valence-corrected chi connectivity index (χ1v) is 9.56. The lowest BCUT2D eigenvalue weighted by Crippen LogP contribution is -2.04. The van der Waals surface area contributed by atoms with Crippen molar-refractivity contribution < 1.29 is 0 Å². The van der Waals surface area contributed by atoms with E-state index in [1.807, 2.05) is 0 Å². The molecule has 0 aromatic heterocycles. The number of fused-ring (bicyclic) bond motifs is 2. The predicted molar refractivity (Wildman–Crippen MR) is 115 cm³/mol. The maximum absolute atomic E-state index is 4.43. The van der Waals surface area contributed by atoms with Gasteiger partial charge in [-0.2, -0.15) is 0 Å². The molecule has 0 bridgehead atoms. The minimum absolute atomic E-state index is 0.912. The summed E-state index contributed by atoms with van der Waals surface area (Å²) in [5, 5.41) is 0. The summed E-state index contributed by atoms with van der Waals surface area (Å²) in [5.74, 6) is 0. The van der Waals surface area contributed by atoms with Gasteiger partial charge >= 0.3 is 0 Å². The summed E-state index contributed by atoms with van der Waals surface area (Å²) < 4.78 is 0. The van der Waals surface area contributed by atoms with Gasteiger partial charge in [-0.1, -0.05) is 79.9 Å². The zero-order valence-corrected chi connectivity index (χ0v) is 15.5. The van der Waals surface area contributed by atoms with E-state index in [0.717, 1.165) is 24.8 Å². The highest BCUT2D eigenvalue weighted by Gasteiger charge is 2.21. The highest BCUT2D eigenvalue weighted by Crippen LogP contribution is 2.39. The summed E-state index contributed by atoms with van der Waals surface area (Å²) in [6.07, 6.45) is 12.2. The molecule has 0 N–H and O–H groups in total. The number of allylic oxidation sites excluding steroid dienone is 8. The highest BCUT2D eigenvalue weighted by molar-refractivity contribution is 5.76. The molecule has 0 heteroatoms. The first kappa shape index (κ1) is 16.1. The second-order valence-corrected chi connectivity index (χ2v) is 7.59. The Balaban J connectivity index is 1.41. The molecule has 0 heterocycles. The molecule has 3 aliphatic rings. The zero-order valence-electron chi connectivity index (χ0n) is 15.5. The Labute approximate surface area is 161 Å². The van der Waals surface area contributed by atoms with Gasteiger partial charge in [0.25, 0.3) is 0 Å². The SMILES string of the molecule is C=C1Cc2ccccc2C=C1C(=C)C1=CC(C2=Cc3ccccc3C2)=CC1. The molecule has 3 aliphatic carbocycles. The molecule has 0 fully saturated rings. The van der Waals surface area contributed by atoms with Gasteiger partial charge in [0, 0.05) is 0 Å². The van der Waals surface area contributed by atoms with Crippen molar-refractivity contribution >= 4 is 12.2 Å². The van der Waals surface area contributed by atoms with Crippen molar-refractivity contribution in [2.75, 3.05) is 0 Å². The van der Waals surface area contributed by atoms with Crippen LogP contribution in [0.5, 0.6) is 0 Å². The fourth-order valence-corrected chi connectivity index (χ4v) is 4.32. The normalized spacial score (nSPS) is 17.6. The van der Waals surface area contributed by atoms with Gasteiger partial charge in [0.15, 0.2) is 0 Å². The summed E-state index contributed by atoms with van der Waals surface area (Å²) >= 11 is 0.